The lowest BCUT2D eigenvalue weighted by atomic mass is 10.0. The molecule has 0 unspecified atom stereocenters. The van der Waals surface area contributed by atoms with E-state index >= 15 is 0 Å². The molecule has 1 amide bonds. The maximum Gasteiger partial charge on any atom is 0.234 e. The van der Waals surface area contributed by atoms with Gasteiger partial charge in [-0.1, -0.05) is 96.2 Å². The van der Waals surface area contributed by atoms with Gasteiger partial charge in [0.25, 0.3) is 0 Å². The number of thioether (sulfide) groups is 1. The molecular formula is C37H28ClN5O2S. The van der Waals surface area contributed by atoms with E-state index in [-0.39, 0.29) is 17.4 Å². The first-order valence-electron chi connectivity index (χ1n) is 14.5. The van der Waals surface area contributed by atoms with Crippen molar-refractivity contribution < 1.29 is 9.59 Å². The van der Waals surface area contributed by atoms with E-state index in [2.05, 4.69) is 22.1 Å². The average Bonchev–Trinajstić information content (AvgIpc) is 3.49. The fraction of sp³-hybridized carbons (Fsp3) is 0.0541. The molecule has 0 saturated carbocycles. The van der Waals surface area contributed by atoms with Gasteiger partial charge >= 0.3 is 0 Å². The number of aromatic nitrogens is 4. The third kappa shape index (κ3) is 7.15. The van der Waals surface area contributed by atoms with Gasteiger partial charge in [-0.25, -0.2) is 4.98 Å². The van der Waals surface area contributed by atoms with Crippen LogP contribution in [-0.4, -0.2) is 37.2 Å². The Morgan fingerprint density at radius 3 is 2.39 bits per heavy atom. The summed E-state index contributed by atoms with van der Waals surface area (Å²) in [4.78, 5) is 30.4. The average molecular weight is 642 g/mol. The maximum absolute atomic E-state index is 12.9. The standard InChI is InChI=1S/C37H28ClN5O2S/c1-2-22-43-36(31-23-33(26-8-4-3-5-9-26)40-32-11-7-6-10-30(31)32)41-42-37(43)46-24-35(45)39-29-19-15-27(16-20-29)34(44)21-14-25-12-17-28(38)18-13-25/h2-21,23H,1,22,24H2,(H,39,45)/b21-14+. The molecule has 0 aliphatic rings. The van der Waals surface area contributed by atoms with Gasteiger partial charge in [0.05, 0.1) is 17.0 Å². The summed E-state index contributed by atoms with van der Waals surface area (Å²) in [5.74, 6) is 0.441. The van der Waals surface area contributed by atoms with Crippen LogP contribution in [0, 0.1) is 0 Å². The van der Waals surface area contributed by atoms with Gasteiger partial charge in [-0.05, 0) is 60.2 Å². The zero-order chi connectivity index (χ0) is 31.9. The molecule has 0 atom stereocenters. The number of allylic oxidation sites excluding steroid dienone is 2. The second-order valence-corrected chi connectivity index (χ2v) is 11.7. The maximum atomic E-state index is 12.9. The molecule has 0 aliphatic carbocycles. The van der Waals surface area contributed by atoms with E-state index < -0.39 is 0 Å². The molecular weight excluding hydrogens is 614 g/mol. The number of pyridine rings is 1. The highest BCUT2D eigenvalue weighted by Gasteiger charge is 2.19. The number of fused-ring (bicyclic) bond motifs is 1. The van der Waals surface area contributed by atoms with E-state index in [4.69, 9.17) is 16.6 Å². The number of rotatable bonds is 11. The number of para-hydroxylation sites is 1. The lowest BCUT2D eigenvalue weighted by molar-refractivity contribution is -0.113. The smallest absolute Gasteiger partial charge is 0.234 e. The molecule has 0 aliphatic heterocycles. The van der Waals surface area contributed by atoms with Gasteiger partial charge in [0, 0.05) is 39.3 Å². The molecule has 6 aromatic rings. The second kappa shape index (κ2) is 14.2. The summed E-state index contributed by atoms with van der Waals surface area (Å²) in [5, 5.41) is 14.1. The van der Waals surface area contributed by atoms with Crippen molar-refractivity contribution in [2.24, 2.45) is 0 Å². The topological polar surface area (TPSA) is 89.8 Å². The number of halogens is 1. The zero-order valence-corrected chi connectivity index (χ0v) is 26.2. The summed E-state index contributed by atoms with van der Waals surface area (Å²) < 4.78 is 1.96. The number of hydrogen-bond acceptors (Lipinski definition) is 6. The first kappa shape index (κ1) is 30.7. The molecule has 7 nitrogen and oxygen atoms in total. The SMILES string of the molecule is C=CCn1c(SCC(=O)Nc2ccc(C(=O)/C=C/c3ccc(Cl)cc3)cc2)nnc1-c1cc(-c2ccccc2)nc2ccccc12. The van der Waals surface area contributed by atoms with Crippen LogP contribution in [-0.2, 0) is 11.3 Å². The number of ketones is 1. The van der Waals surface area contributed by atoms with Crippen molar-refractivity contribution in [3.8, 4) is 22.6 Å². The van der Waals surface area contributed by atoms with Crippen molar-refractivity contribution in [2.45, 2.75) is 11.7 Å². The normalized spacial score (nSPS) is 11.2. The molecule has 0 fully saturated rings. The Labute approximate surface area is 275 Å². The number of carbonyl (C=O) groups is 2. The number of benzene rings is 4. The van der Waals surface area contributed by atoms with E-state index in [1.165, 1.54) is 17.8 Å². The Bertz CT molecular complexity index is 2060. The predicted octanol–water partition coefficient (Wildman–Crippen LogP) is 8.63. The quantitative estimate of drug-likeness (QED) is 0.0659. The highest BCUT2D eigenvalue weighted by molar-refractivity contribution is 7.99. The van der Waals surface area contributed by atoms with E-state index in [0.717, 1.165) is 33.3 Å². The van der Waals surface area contributed by atoms with Crippen LogP contribution < -0.4 is 5.32 Å². The molecule has 2 heterocycles. The third-order valence-electron chi connectivity index (χ3n) is 7.14. The number of carbonyl (C=O) groups excluding carboxylic acids is 2. The molecule has 0 saturated heterocycles. The minimum atomic E-state index is -0.206. The van der Waals surface area contributed by atoms with Crippen molar-refractivity contribution in [3.63, 3.8) is 0 Å². The van der Waals surface area contributed by atoms with Crippen molar-refractivity contribution >= 4 is 57.7 Å². The predicted molar refractivity (Wildman–Crippen MR) is 187 cm³/mol. The minimum Gasteiger partial charge on any atom is -0.325 e. The fourth-order valence-corrected chi connectivity index (χ4v) is 5.77. The molecule has 0 radical (unpaired) electrons. The van der Waals surface area contributed by atoms with Gasteiger partial charge in [-0.15, -0.1) is 16.8 Å². The van der Waals surface area contributed by atoms with Gasteiger partial charge < -0.3 is 5.32 Å². The van der Waals surface area contributed by atoms with Crippen LogP contribution >= 0.6 is 23.4 Å². The summed E-state index contributed by atoms with van der Waals surface area (Å²) in [6.45, 7) is 4.39. The number of hydrogen-bond donors (Lipinski definition) is 1. The summed E-state index contributed by atoms with van der Waals surface area (Å²) in [7, 11) is 0. The van der Waals surface area contributed by atoms with Crippen LogP contribution in [0.4, 0.5) is 5.69 Å². The first-order chi connectivity index (χ1) is 22.5. The van der Waals surface area contributed by atoms with E-state index in [9.17, 15) is 9.59 Å². The highest BCUT2D eigenvalue weighted by Crippen LogP contribution is 2.33. The lowest BCUT2D eigenvalue weighted by Gasteiger charge is -2.12. The summed E-state index contributed by atoms with van der Waals surface area (Å²) in [6, 6.07) is 34.0. The molecule has 1 N–H and O–H groups in total. The molecule has 9 heteroatoms. The highest BCUT2D eigenvalue weighted by atomic mass is 35.5. The number of amides is 1. The second-order valence-electron chi connectivity index (χ2n) is 10.3. The van der Waals surface area contributed by atoms with Gasteiger partial charge in [0.2, 0.25) is 5.91 Å². The Morgan fingerprint density at radius 2 is 1.63 bits per heavy atom. The van der Waals surface area contributed by atoms with Crippen LogP contribution in [0.15, 0.2) is 133 Å². The summed E-state index contributed by atoms with van der Waals surface area (Å²) >= 11 is 7.21. The summed E-state index contributed by atoms with van der Waals surface area (Å²) in [6.07, 6.45) is 5.03. The summed E-state index contributed by atoms with van der Waals surface area (Å²) in [5.41, 5.74) is 5.57. The minimum absolute atomic E-state index is 0.117. The molecule has 0 bridgehead atoms. The molecule has 226 valence electrons. The van der Waals surface area contributed by atoms with Crippen molar-refractivity contribution in [1.29, 1.82) is 0 Å². The Hall–Kier alpha value is -5.31. The van der Waals surface area contributed by atoms with E-state index in [0.29, 0.717) is 33.8 Å². The largest absolute Gasteiger partial charge is 0.325 e. The number of nitrogens with one attached hydrogen (secondary N) is 1. The first-order valence-corrected chi connectivity index (χ1v) is 15.9. The molecule has 2 aromatic heterocycles. The molecule has 46 heavy (non-hydrogen) atoms. The van der Waals surface area contributed by atoms with Crippen LogP contribution in [0.5, 0.6) is 0 Å². The third-order valence-corrected chi connectivity index (χ3v) is 8.36. The monoisotopic (exact) mass is 641 g/mol. The Balaban J connectivity index is 1.15. The van der Waals surface area contributed by atoms with Crippen molar-refractivity contribution in [1.82, 2.24) is 19.7 Å². The van der Waals surface area contributed by atoms with Crippen LogP contribution in [0.2, 0.25) is 5.02 Å². The van der Waals surface area contributed by atoms with E-state index in [1.807, 2.05) is 77.4 Å². The van der Waals surface area contributed by atoms with Crippen LogP contribution in [0.25, 0.3) is 39.6 Å². The van der Waals surface area contributed by atoms with Crippen molar-refractivity contribution in [3.05, 3.63) is 144 Å². The van der Waals surface area contributed by atoms with E-state index in [1.54, 1.807) is 48.6 Å². The van der Waals surface area contributed by atoms with Crippen molar-refractivity contribution in [2.75, 3.05) is 11.1 Å². The lowest BCUT2D eigenvalue weighted by Crippen LogP contribution is -2.14. The number of nitrogens with zero attached hydrogens (tertiary/aromatic N) is 4. The molecule has 4 aromatic carbocycles. The van der Waals surface area contributed by atoms with Gasteiger partial charge in [0.15, 0.2) is 16.8 Å². The number of anilines is 1. The molecule has 6 rings (SSSR count). The van der Waals surface area contributed by atoms with Crippen LogP contribution in [0.3, 0.4) is 0 Å². The fourth-order valence-electron chi connectivity index (χ4n) is 4.89. The Morgan fingerprint density at radius 1 is 0.891 bits per heavy atom. The van der Waals surface area contributed by atoms with Gasteiger partial charge in [-0.2, -0.15) is 0 Å². The van der Waals surface area contributed by atoms with Crippen LogP contribution in [0.1, 0.15) is 15.9 Å². The zero-order valence-electron chi connectivity index (χ0n) is 24.6. The molecule has 0 spiro atoms. The Kier molecular flexibility index (Phi) is 9.48. The van der Waals surface area contributed by atoms with Gasteiger partial charge in [-0.3, -0.25) is 14.2 Å². The van der Waals surface area contributed by atoms with Gasteiger partial charge in [0.1, 0.15) is 0 Å².